The van der Waals surface area contributed by atoms with E-state index in [4.69, 9.17) is 0 Å². The highest BCUT2D eigenvalue weighted by molar-refractivity contribution is 7.88. The summed E-state index contributed by atoms with van der Waals surface area (Å²) in [5, 5.41) is 0. The van der Waals surface area contributed by atoms with E-state index in [9.17, 15) is 8.76 Å². The highest BCUT2D eigenvalue weighted by Crippen LogP contribution is 2.23. The van der Waals surface area contributed by atoms with E-state index in [0.717, 1.165) is 0 Å². The quantitative estimate of drug-likeness (QED) is 0.565. The summed E-state index contributed by atoms with van der Waals surface area (Å²) in [6, 6.07) is 21.2. The molecule has 0 amide bonds. The van der Waals surface area contributed by atoms with Crippen molar-refractivity contribution in [3.8, 4) is 5.82 Å². The van der Waals surface area contributed by atoms with Gasteiger partial charge in [0.1, 0.15) is 5.52 Å². The van der Waals surface area contributed by atoms with E-state index in [1.165, 1.54) is 0 Å². The van der Waals surface area contributed by atoms with E-state index in [0.29, 0.717) is 16.9 Å². The minimum absolute atomic E-state index is 0.108. The lowest BCUT2D eigenvalue weighted by Gasteiger charge is -2.04. The van der Waals surface area contributed by atoms with Crippen LogP contribution in [0.2, 0.25) is 0 Å². The highest BCUT2D eigenvalue weighted by Gasteiger charge is 2.21. The maximum absolute atomic E-state index is 12.8. The standard InChI is InChI=1S/C19H14N4O2S/c24-26(25,15-9-3-1-4-10-15)22-18-19(23-13-7-2-8-14-23)21-17-12-6-5-11-16(17)20-18/h1-14H/p+1. The molecule has 2 aromatic carbocycles. The van der Waals surface area contributed by atoms with E-state index in [2.05, 4.69) is 14.3 Å². The van der Waals surface area contributed by atoms with Crippen LogP contribution < -0.4 is 4.57 Å². The van der Waals surface area contributed by atoms with Crippen LogP contribution in [0.15, 0.2) is 94.4 Å². The molecular weight excluding hydrogens is 348 g/mol. The van der Waals surface area contributed by atoms with Crippen molar-refractivity contribution in [1.82, 2.24) is 9.97 Å². The van der Waals surface area contributed by atoms with E-state index in [1.54, 1.807) is 53.4 Å². The van der Waals surface area contributed by atoms with Gasteiger partial charge in [0.15, 0.2) is 10.0 Å². The zero-order chi connectivity index (χ0) is 18.0. The summed E-state index contributed by atoms with van der Waals surface area (Å²) in [6.07, 6.45) is 3.58. The van der Waals surface area contributed by atoms with Crippen molar-refractivity contribution in [2.75, 3.05) is 0 Å². The molecule has 7 heteroatoms. The van der Waals surface area contributed by atoms with Gasteiger partial charge in [-0.25, -0.2) is 13.8 Å². The Bertz CT molecular complexity index is 1190. The summed E-state index contributed by atoms with van der Waals surface area (Å²) in [7, 11) is -3.65. The molecular formula is C19H15N4O2S+. The monoisotopic (exact) mass is 363 g/mol. The van der Waals surface area contributed by atoms with Gasteiger partial charge >= 0.3 is 5.82 Å². The fourth-order valence-corrected chi connectivity index (χ4v) is 3.50. The second-order valence-corrected chi connectivity index (χ2v) is 7.19. The molecule has 0 aliphatic carbocycles. The number of hydrogen-bond donors (Lipinski definition) is 1. The van der Waals surface area contributed by atoms with Crippen LogP contribution in [0, 0.1) is 0 Å². The molecule has 1 atom stereocenters. The molecule has 6 nitrogen and oxygen atoms in total. The molecule has 4 rings (SSSR count). The molecule has 0 saturated carbocycles. The minimum atomic E-state index is -3.65. The Morgan fingerprint density at radius 1 is 0.808 bits per heavy atom. The van der Waals surface area contributed by atoms with Gasteiger partial charge in [-0.05, 0) is 41.4 Å². The van der Waals surface area contributed by atoms with Gasteiger partial charge in [-0.2, -0.15) is 0 Å². The Balaban J connectivity index is 1.99. The predicted octanol–water partition coefficient (Wildman–Crippen LogP) is 3.54. The van der Waals surface area contributed by atoms with Gasteiger partial charge in [-0.1, -0.05) is 36.4 Å². The van der Waals surface area contributed by atoms with Crippen molar-refractivity contribution in [2.45, 2.75) is 4.90 Å². The average molecular weight is 363 g/mol. The summed E-state index contributed by atoms with van der Waals surface area (Å²) >= 11 is 0. The minimum Gasteiger partial charge on any atom is -0.296 e. The molecule has 1 N–H and O–H groups in total. The van der Waals surface area contributed by atoms with Gasteiger partial charge in [0, 0.05) is 0 Å². The average Bonchev–Trinajstić information content (AvgIpc) is 2.68. The first kappa shape index (κ1) is 16.3. The van der Waals surface area contributed by atoms with Crippen molar-refractivity contribution in [3.63, 3.8) is 0 Å². The zero-order valence-electron chi connectivity index (χ0n) is 13.6. The lowest BCUT2D eigenvalue weighted by molar-refractivity contribution is -0.598. The second-order valence-electron chi connectivity index (χ2n) is 5.54. The number of hydrogen-bond acceptors (Lipinski definition) is 4. The number of pyridine rings is 1. The topological polar surface area (TPSA) is 79.3 Å². The zero-order valence-corrected chi connectivity index (χ0v) is 14.5. The molecule has 0 saturated heterocycles. The van der Waals surface area contributed by atoms with Gasteiger partial charge < -0.3 is 0 Å². The van der Waals surface area contributed by atoms with Crippen LogP contribution in [0.5, 0.6) is 0 Å². The Hall–Kier alpha value is -3.16. The number of fused-ring (bicyclic) bond motifs is 1. The highest BCUT2D eigenvalue weighted by atomic mass is 32.2. The first-order chi connectivity index (χ1) is 12.6. The molecule has 1 unspecified atom stereocenters. The first-order valence-corrected chi connectivity index (χ1v) is 9.39. The molecule has 26 heavy (non-hydrogen) atoms. The first-order valence-electron chi connectivity index (χ1n) is 7.92. The van der Waals surface area contributed by atoms with Crippen molar-refractivity contribution in [2.24, 2.45) is 4.36 Å². The molecule has 0 aliphatic heterocycles. The molecule has 0 radical (unpaired) electrons. The normalized spacial score (nSPS) is 13.3. The van der Waals surface area contributed by atoms with Crippen LogP contribution in [-0.4, -0.2) is 18.7 Å². The van der Waals surface area contributed by atoms with E-state index in [-0.39, 0.29) is 10.7 Å². The van der Waals surface area contributed by atoms with Gasteiger partial charge in [-0.15, -0.1) is 4.36 Å². The van der Waals surface area contributed by atoms with E-state index >= 15 is 0 Å². The van der Waals surface area contributed by atoms with Crippen molar-refractivity contribution in [3.05, 3.63) is 85.2 Å². The van der Waals surface area contributed by atoms with Gasteiger partial charge in [0.05, 0.1) is 17.3 Å². The Morgan fingerprint density at radius 3 is 2.08 bits per heavy atom. The molecule has 0 aliphatic rings. The van der Waals surface area contributed by atoms with Crippen molar-refractivity contribution >= 4 is 26.9 Å². The maximum Gasteiger partial charge on any atom is 0.374 e. The molecule has 0 spiro atoms. The number of nitrogens with zero attached hydrogens (tertiary/aromatic N) is 4. The number of para-hydroxylation sites is 2. The summed E-state index contributed by atoms with van der Waals surface area (Å²) in [5.74, 6) is 0.498. The molecule has 128 valence electrons. The summed E-state index contributed by atoms with van der Waals surface area (Å²) in [6.45, 7) is 0. The SMILES string of the molecule is O=S(O)(=Nc1nc2ccccc2nc1-[n+]1ccccc1)c1ccccc1. The molecule has 0 bridgehead atoms. The van der Waals surface area contributed by atoms with E-state index in [1.807, 2.05) is 36.4 Å². The number of aromatic nitrogens is 3. The predicted molar refractivity (Wildman–Crippen MR) is 98.6 cm³/mol. The number of benzene rings is 2. The van der Waals surface area contributed by atoms with Crippen LogP contribution in [-0.2, 0) is 10.0 Å². The Labute approximate surface area is 150 Å². The third-order valence-electron chi connectivity index (χ3n) is 3.76. The Morgan fingerprint density at radius 2 is 1.38 bits per heavy atom. The smallest absolute Gasteiger partial charge is 0.296 e. The molecule has 0 fully saturated rings. The van der Waals surface area contributed by atoms with Gasteiger partial charge in [-0.3, -0.25) is 4.55 Å². The van der Waals surface area contributed by atoms with Gasteiger partial charge in [0.25, 0.3) is 5.82 Å². The van der Waals surface area contributed by atoms with Crippen LogP contribution in [0.3, 0.4) is 0 Å². The van der Waals surface area contributed by atoms with Crippen LogP contribution in [0.1, 0.15) is 0 Å². The second kappa shape index (κ2) is 6.62. The summed E-state index contributed by atoms with van der Waals surface area (Å²) in [5.41, 5.74) is 1.29. The van der Waals surface area contributed by atoms with Crippen LogP contribution >= 0.6 is 0 Å². The van der Waals surface area contributed by atoms with Gasteiger partial charge in [0.2, 0.25) is 5.52 Å². The molecule has 4 aromatic rings. The fourth-order valence-electron chi connectivity index (χ4n) is 2.52. The maximum atomic E-state index is 12.8. The third kappa shape index (κ3) is 3.17. The summed E-state index contributed by atoms with van der Waals surface area (Å²) in [4.78, 5) is 9.29. The fraction of sp³-hybridized carbons (Fsp3) is 0. The third-order valence-corrected chi connectivity index (χ3v) is 5.06. The Kier molecular flexibility index (Phi) is 4.16. The van der Waals surface area contributed by atoms with Crippen LogP contribution in [0.4, 0.5) is 5.82 Å². The largest absolute Gasteiger partial charge is 0.374 e. The van der Waals surface area contributed by atoms with Crippen molar-refractivity contribution < 1.29 is 13.3 Å². The summed E-state index contributed by atoms with van der Waals surface area (Å²) < 4.78 is 29.1. The lowest BCUT2D eigenvalue weighted by atomic mass is 10.3. The molecule has 2 aromatic heterocycles. The van der Waals surface area contributed by atoms with Crippen molar-refractivity contribution in [1.29, 1.82) is 0 Å². The van der Waals surface area contributed by atoms with E-state index < -0.39 is 10.0 Å². The molecule has 2 heterocycles. The van der Waals surface area contributed by atoms with Crippen LogP contribution in [0.25, 0.3) is 16.9 Å². The number of rotatable bonds is 3. The lowest BCUT2D eigenvalue weighted by Crippen LogP contribution is -2.31.